The molecule has 1 atom stereocenters. The molecule has 1 heterocycles. The van der Waals surface area contributed by atoms with E-state index in [4.69, 9.17) is 15.7 Å². The number of nitrogens with two attached hydrogens (primary N) is 1. The number of hydrogen-bond acceptors (Lipinski definition) is 5. The molecular weight excluding hydrogens is 242 g/mol. The normalized spacial score (nSPS) is 22.0. The van der Waals surface area contributed by atoms with Crippen LogP contribution in [0.1, 0.15) is 19.4 Å². The van der Waals surface area contributed by atoms with Crippen molar-refractivity contribution in [2.75, 3.05) is 30.3 Å². The maximum absolute atomic E-state index is 9.31. The minimum absolute atomic E-state index is 0.0177. The molecule has 2 rings (SSSR count). The Bertz CT molecular complexity index is 508. The third-order valence-electron chi connectivity index (χ3n) is 3.18. The van der Waals surface area contributed by atoms with E-state index < -0.39 is 0 Å². The Hall–Kier alpha value is -1.77. The maximum atomic E-state index is 9.31. The average Bonchev–Trinajstić information content (AvgIpc) is 2.36. The number of nitrogen functional groups attached to an aromatic ring is 1. The molecule has 0 bridgehead atoms. The molecule has 0 radical (unpaired) electrons. The highest BCUT2D eigenvalue weighted by atomic mass is 16.5. The highest BCUT2D eigenvalue weighted by Gasteiger charge is 2.33. The Labute approximate surface area is 113 Å². The molecule has 0 aliphatic carbocycles. The molecule has 5 heteroatoms. The second-order valence-corrected chi connectivity index (χ2v) is 5.45. The molecule has 1 fully saturated rings. The molecule has 3 N–H and O–H groups in total. The van der Waals surface area contributed by atoms with Crippen molar-refractivity contribution in [1.82, 2.24) is 0 Å². The minimum atomic E-state index is -0.341. The topological polar surface area (TPSA) is 82.5 Å². The lowest BCUT2D eigenvalue weighted by atomic mass is 10.0. The summed E-state index contributed by atoms with van der Waals surface area (Å²) in [6, 6.07) is 7.35. The summed E-state index contributed by atoms with van der Waals surface area (Å²) in [6.45, 7) is 5.25. The van der Waals surface area contributed by atoms with Gasteiger partial charge >= 0.3 is 0 Å². The van der Waals surface area contributed by atoms with E-state index >= 15 is 0 Å². The Morgan fingerprint density at radius 3 is 2.89 bits per heavy atom. The van der Waals surface area contributed by atoms with Crippen molar-refractivity contribution in [2.24, 2.45) is 0 Å². The van der Waals surface area contributed by atoms with Crippen molar-refractivity contribution in [1.29, 1.82) is 5.26 Å². The molecule has 5 nitrogen and oxygen atoms in total. The van der Waals surface area contributed by atoms with Gasteiger partial charge in [-0.2, -0.15) is 5.26 Å². The smallest absolute Gasteiger partial charge is 0.0992 e. The first-order valence-corrected chi connectivity index (χ1v) is 6.28. The van der Waals surface area contributed by atoms with Gasteiger partial charge in [0, 0.05) is 13.1 Å². The Kier molecular flexibility index (Phi) is 3.65. The van der Waals surface area contributed by atoms with Crippen LogP contribution in [-0.4, -0.2) is 36.5 Å². The fraction of sp³-hybridized carbons (Fsp3) is 0.500. The van der Waals surface area contributed by atoms with Gasteiger partial charge in [-0.25, -0.2) is 0 Å². The van der Waals surface area contributed by atoms with E-state index in [1.165, 1.54) is 0 Å². The van der Waals surface area contributed by atoms with Crippen LogP contribution in [0.2, 0.25) is 0 Å². The van der Waals surface area contributed by atoms with Gasteiger partial charge in [0.2, 0.25) is 0 Å². The molecule has 0 spiro atoms. The van der Waals surface area contributed by atoms with E-state index in [0.29, 0.717) is 24.3 Å². The van der Waals surface area contributed by atoms with Crippen LogP contribution < -0.4 is 10.6 Å². The zero-order chi connectivity index (χ0) is 14.0. The Balaban J connectivity index is 2.28. The second kappa shape index (κ2) is 5.08. The number of ether oxygens (including phenoxy) is 1. The van der Waals surface area contributed by atoms with Gasteiger partial charge in [0.05, 0.1) is 41.3 Å². The third kappa shape index (κ3) is 2.98. The van der Waals surface area contributed by atoms with Crippen molar-refractivity contribution in [3.63, 3.8) is 0 Å². The summed E-state index contributed by atoms with van der Waals surface area (Å²) in [4.78, 5) is 2.10. The van der Waals surface area contributed by atoms with Crippen LogP contribution in [0.4, 0.5) is 11.4 Å². The highest BCUT2D eigenvalue weighted by Crippen LogP contribution is 2.30. The van der Waals surface area contributed by atoms with E-state index in [1.54, 1.807) is 12.1 Å². The number of morpholine rings is 1. The van der Waals surface area contributed by atoms with Gasteiger partial charge in [-0.15, -0.1) is 0 Å². The van der Waals surface area contributed by atoms with E-state index in [1.807, 2.05) is 19.9 Å². The Morgan fingerprint density at radius 1 is 1.58 bits per heavy atom. The highest BCUT2D eigenvalue weighted by molar-refractivity contribution is 5.70. The van der Waals surface area contributed by atoms with E-state index in [2.05, 4.69) is 11.0 Å². The van der Waals surface area contributed by atoms with Gasteiger partial charge in [0.15, 0.2) is 0 Å². The number of rotatable bonds is 2. The lowest BCUT2D eigenvalue weighted by Gasteiger charge is -2.43. The molecule has 1 aromatic carbocycles. The predicted octanol–water partition coefficient (Wildman–Crippen LogP) is 1.12. The summed E-state index contributed by atoms with van der Waals surface area (Å²) in [6.07, 6.45) is -0.223. The molecule has 0 amide bonds. The number of hydrogen-bond donors (Lipinski definition) is 2. The number of aliphatic hydroxyl groups excluding tert-OH is 1. The monoisotopic (exact) mass is 261 g/mol. The zero-order valence-corrected chi connectivity index (χ0v) is 11.3. The van der Waals surface area contributed by atoms with Crippen LogP contribution in [0.15, 0.2) is 18.2 Å². The van der Waals surface area contributed by atoms with E-state index in [-0.39, 0.29) is 18.3 Å². The molecule has 1 aromatic rings. The largest absolute Gasteiger partial charge is 0.397 e. The lowest BCUT2D eigenvalue weighted by Crippen LogP contribution is -2.54. The summed E-state index contributed by atoms with van der Waals surface area (Å²) in [5.74, 6) is 0. The summed E-state index contributed by atoms with van der Waals surface area (Å²) in [5, 5.41) is 18.2. The van der Waals surface area contributed by atoms with Gasteiger partial charge in [-0.05, 0) is 32.0 Å². The standard InChI is InChI=1S/C14H19N3O2/c1-14(2)9-17(7-11(8-18)19-14)13-4-3-10(6-15)5-12(13)16/h3-5,11,18H,7-9,16H2,1-2H3. The number of aliphatic hydroxyl groups is 1. The summed E-state index contributed by atoms with van der Waals surface area (Å²) < 4.78 is 5.77. The molecule has 1 saturated heterocycles. The molecule has 1 aliphatic heterocycles. The van der Waals surface area contributed by atoms with Crippen molar-refractivity contribution < 1.29 is 9.84 Å². The average molecular weight is 261 g/mol. The molecule has 0 aromatic heterocycles. The van der Waals surface area contributed by atoms with E-state index in [0.717, 1.165) is 5.69 Å². The van der Waals surface area contributed by atoms with Gasteiger partial charge in [0.1, 0.15) is 0 Å². The first-order chi connectivity index (χ1) is 8.95. The van der Waals surface area contributed by atoms with Gasteiger partial charge < -0.3 is 20.5 Å². The first-order valence-electron chi connectivity index (χ1n) is 6.28. The summed E-state index contributed by atoms with van der Waals surface area (Å²) in [5.41, 5.74) is 7.67. The Morgan fingerprint density at radius 2 is 2.32 bits per heavy atom. The maximum Gasteiger partial charge on any atom is 0.0992 e. The van der Waals surface area contributed by atoms with Crippen LogP contribution in [0.3, 0.4) is 0 Å². The van der Waals surface area contributed by atoms with Crippen LogP contribution in [0.5, 0.6) is 0 Å². The third-order valence-corrected chi connectivity index (χ3v) is 3.18. The van der Waals surface area contributed by atoms with Crippen LogP contribution in [-0.2, 0) is 4.74 Å². The molecule has 0 saturated carbocycles. The molecular formula is C14H19N3O2. The van der Waals surface area contributed by atoms with Gasteiger partial charge in [0.25, 0.3) is 0 Å². The molecule has 102 valence electrons. The zero-order valence-electron chi connectivity index (χ0n) is 11.3. The minimum Gasteiger partial charge on any atom is -0.397 e. The lowest BCUT2D eigenvalue weighted by molar-refractivity contribution is -0.100. The molecule has 1 aliphatic rings. The van der Waals surface area contributed by atoms with Crippen LogP contribution in [0.25, 0.3) is 0 Å². The number of nitrogens with zero attached hydrogens (tertiary/aromatic N) is 2. The van der Waals surface area contributed by atoms with Gasteiger partial charge in [-0.1, -0.05) is 0 Å². The molecule has 19 heavy (non-hydrogen) atoms. The number of anilines is 2. The number of nitriles is 1. The fourth-order valence-electron chi connectivity index (χ4n) is 2.49. The van der Waals surface area contributed by atoms with Gasteiger partial charge in [-0.3, -0.25) is 0 Å². The first kappa shape index (κ1) is 13.7. The van der Waals surface area contributed by atoms with Crippen molar-refractivity contribution in [3.8, 4) is 6.07 Å². The fourth-order valence-corrected chi connectivity index (χ4v) is 2.49. The van der Waals surface area contributed by atoms with Crippen molar-refractivity contribution >= 4 is 11.4 Å². The van der Waals surface area contributed by atoms with Crippen molar-refractivity contribution in [3.05, 3.63) is 23.8 Å². The second-order valence-electron chi connectivity index (χ2n) is 5.45. The van der Waals surface area contributed by atoms with E-state index in [9.17, 15) is 5.11 Å². The molecule has 1 unspecified atom stereocenters. The summed E-state index contributed by atoms with van der Waals surface area (Å²) in [7, 11) is 0. The van der Waals surface area contributed by atoms with Crippen LogP contribution in [0, 0.1) is 11.3 Å². The SMILES string of the molecule is CC1(C)CN(c2ccc(C#N)cc2N)CC(CO)O1. The quantitative estimate of drug-likeness (QED) is 0.779. The summed E-state index contributed by atoms with van der Waals surface area (Å²) >= 11 is 0. The predicted molar refractivity (Wildman–Crippen MR) is 73.8 cm³/mol. The number of benzene rings is 1. The van der Waals surface area contributed by atoms with Crippen molar-refractivity contribution in [2.45, 2.75) is 25.6 Å². The van der Waals surface area contributed by atoms with Crippen LogP contribution >= 0.6 is 0 Å².